The first kappa shape index (κ1) is 12.4. The highest BCUT2D eigenvalue weighted by atomic mass is 16.4. The molecule has 1 aromatic carbocycles. The monoisotopic (exact) mass is 244 g/mol. The first-order valence-electron chi connectivity index (χ1n) is 5.89. The fourth-order valence-corrected chi connectivity index (χ4v) is 2.17. The first-order valence-corrected chi connectivity index (χ1v) is 5.89. The van der Waals surface area contributed by atoms with Crippen molar-refractivity contribution in [2.45, 2.75) is 26.7 Å². The fourth-order valence-electron chi connectivity index (χ4n) is 2.17. The number of carbonyl (C=O) groups is 1. The normalized spacial score (nSPS) is 12.4. The van der Waals surface area contributed by atoms with E-state index in [1.165, 1.54) is 17.2 Å². The number of aromatic carboxylic acids is 1. The number of hydrogen-bond donors (Lipinski definition) is 1. The molecule has 0 saturated carbocycles. The van der Waals surface area contributed by atoms with E-state index >= 15 is 0 Å². The molecule has 94 valence electrons. The molecule has 1 atom stereocenters. The molecular weight excluding hydrogens is 228 g/mol. The maximum absolute atomic E-state index is 10.8. The van der Waals surface area contributed by atoms with E-state index in [0.717, 1.165) is 5.56 Å². The Bertz CT molecular complexity index is 581. The minimum absolute atomic E-state index is 0.0124. The molecule has 0 saturated heterocycles. The van der Waals surface area contributed by atoms with Gasteiger partial charge in [-0.05, 0) is 37.1 Å². The summed E-state index contributed by atoms with van der Waals surface area (Å²) < 4.78 is 5.35. The zero-order valence-corrected chi connectivity index (χ0v) is 10.7. The lowest BCUT2D eigenvalue weighted by atomic mass is 9.93. The molecule has 0 radical (unpaired) electrons. The molecule has 1 aromatic heterocycles. The van der Waals surface area contributed by atoms with Crippen molar-refractivity contribution in [2.75, 3.05) is 0 Å². The van der Waals surface area contributed by atoms with Crippen molar-refractivity contribution in [3.05, 3.63) is 58.5 Å². The molecule has 2 rings (SSSR count). The summed E-state index contributed by atoms with van der Waals surface area (Å²) in [6.45, 7) is 6.12. The van der Waals surface area contributed by atoms with Gasteiger partial charge in [-0.2, -0.15) is 0 Å². The predicted molar refractivity (Wildman–Crippen MR) is 69.1 cm³/mol. The Morgan fingerprint density at radius 1 is 1.22 bits per heavy atom. The Balaban J connectivity index is 2.35. The van der Waals surface area contributed by atoms with Gasteiger partial charge in [0, 0.05) is 5.92 Å². The number of hydrogen-bond acceptors (Lipinski definition) is 2. The van der Waals surface area contributed by atoms with Crippen molar-refractivity contribution in [1.29, 1.82) is 0 Å². The highest BCUT2D eigenvalue weighted by Crippen LogP contribution is 2.28. The Labute approximate surface area is 106 Å². The van der Waals surface area contributed by atoms with E-state index in [-0.39, 0.29) is 11.7 Å². The van der Waals surface area contributed by atoms with Gasteiger partial charge in [0.25, 0.3) is 0 Å². The number of rotatable bonds is 3. The average Bonchev–Trinajstić information content (AvgIpc) is 2.77. The van der Waals surface area contributed by atoms with Crippen LogP contribution >= 0.6 is 0 Å². The SMILES string of the molecule is Cc1ccc(C(C)c2ccc(C(=O)O)o2)c(C)c1. The van der Waals surface area contributed by atoms with Crippen molar-refractivity contribution < 1.29 is 14.3 Å². The second kappa shape index (κ2) is 4.69. The zero-order chi connectivity index (χ0) is 13.3. The summed E-state index contributed by atoms with van der Waals surface area (Å²) in [4.78, 5) is 10.8. The van der Waals surface area contributed by atoms with Gasteiger partial charge in [0.15, 0.2) is 0 Å². The number of benzene rings is 1. The molecule has 1 unspecified atom stereocenters. The minimum Gasteiger partial charge on any atom is -0.475 e. The summed E-state index contributed by atoms with van der Waals surface area (Å²) in [5.41, 5.74) is 3.57. The van der Waals surface area contributed by atoms with Crippen LogP contribution in [-0.4, -0.2) is 11.1 Å². The van der Waals surface area contributed by atoms with Crippen LogP contribution in [0.3, 0.4) is 0 Å². The number of carboxylic acids is 1. The van der Waals surface area contributed by atoms with Gasteiger partial charge in [-0.25, -0.2) is 4.79 Å². The van der Waals surface area contributed by atoms with Crippen molar-refractivity contribution in [3.8, 4) is 0 Å². The van der Waals surface area contributed by atoms with Crippen LogP contribution < -0.4 is 0 Å². The van der Waals surface area contributed by atoms with E-state index in [4.69, 9.17) is 9.52 Å². The lowest BCUT2D eigenvalue weighted by molar-refractivity contribution is 0.0660. The standard InChI is InChI=1S/C15H16O3/c1-9-4-5-12(10(2)8-9)11(3)13-6-7-14(18-13)15(16)17/h4-8,11H,1-3H3,(H,16,17). The van der Waals surface area contributed by atoms with Gasteiger partial charge in [-0.15, -0.1) is 0 Å². The van der Waals surface area contributed by atoms with E-state index in [1.807, 2.05) is 6.92 Å². The van der Waals surface area contributed by atoms with E-state index in [2.05, 4.69) is 32.0 Å². The molecule has 0 fully saturated rings. The van der Waals surface area contributed by atoms with Gasteiger partial charge in [-0.3, -0.25) is 0 Å². The summed E-state index contributed by atoms with van der Waals surface area (Å²) in [5, 5.41) is 8.85. The van der Waals surface area contributed by atoms with Crippen LogP contribution in [0, 0.1) is 13.8 Å². The third-order valence-corrected chi connectivity index (χ3v) is 3.16. The molecule has 3 heteroatoms. The molecule has 0 amide bonds. The largest absolute Gasteiger partial charge is 0.475 e. The quantitative estimate of drug-likeness (QED) is 0.894. The summed E-state index contributed by atoms with van der Waals surface area (Å²) in [5.74, 6) is -0.311. The molecule has 0 aliphatic carbocycles. The molecule has 0 aliphatic heterocycles. The van der Waals surface area contributed by atoms with Crippen LogP contribution in [0.4, 0.5) is 0 Å². The van der Waals surface area contributed by atoms with Crippen molar-refractivity contribution in [3.63, 3.8) is 0 Å². The topological polar surface area (TPSA) is 50.4 Å². The van der Waals surface area contributed by atoms with Crippen LogP contribution in [-0.2, 0) is 0 Å². The molecule has 2 aromatic rings. The van der Waals surface area contributed by atoms with E-state index in [1.54, 1.807) is 6.07 Å². The van der Waals surface area contributed by atoms with Gasteiger partial charge in [0.2, 0.25) is 5.76 Å². The van der Waals surface area contributed by atoms with Crippen LogP contribution in [0.15, 0.2) is 34.7 Å². The van der Waals surface area contributed by atoms with E-state index in [0.29, 0.717) is 5.76 Å². The zero-order valence-electron chi connectivity index (χ0n) is 10.7. The summed E-state index contributed by atoms with van der Waals surface area (Å²) in [6, 6.07) is 9.47. The Morgan fingerprint density at radius 3 is 2.50 bits per heavy atom. The Morgan fingerprint density at radius 2 is 1.94 bits per heavy atom. The Kier molecular flexibility index (Phi) is 3.24. The minimum atomic E-state index is -1.03. The summed E-state index contributed by atoms with van der Waals surface area (Å²) >= 11 is 0. The van der Waals surface area contributed by atoms with Gasteiger partial charge in [0.1, 0.15) is 5.76 Å². The number of furan rings is 1. The molecule has 1 heterocycles. The molecule has 0 aliphatic rings. The van der Waals surface area contributed by atoms with E-state index < -0.39 is 5.97 Å². The lowest BCUT2D eigenvalue weighted by Gasteiger charge is -2.12. The fraction of sp³-hybridized carbons (Fsp3) is 0.267. The van der Waals surface area contributed by atoms with Crippen LogP contribution in [0.25, 0.3) is 0 Å². The van der Waals surface area contributed by atoms with Gasteiger partial charge < -0.3 is 9.52 Å². The maximum Gasteiger partial charge on any atom is 0.371 e. The third kappa shape index (κ3) is 2.30. The van der Waals surface area contributed by atoms with Gasteiger partial charge in [0.05, 0.1) is 0 Å². The maximum atomic E-state index is 10.8. The second-order valence-electron chi connectivity index (χ2n) is 4.59. The highest BCUT2D eigenvalue weighted by Gasteiger charge is 2.17. The molecule has 0 spiro atoms. The summed E-state index contributed by atoms with van der Waals surface area (Å²) in [7, 11) is 0. The summed E-state index contributed by atoms with van der Waals surface area (Å²) in [6.07, 6.45) is 0. The number of aryl methyl sites for hydroxylation is 2. The molecular formula is C15H16O3. The highest BCUT2D eigenvalue weighted by molar-refractivity contribution is 5.84. The Hall–Kier alpha value is -2.03. The smallest absolute Gasteiger partial charge is 0.371 e. The van der Waals surface area contributed by atoms with Crippen molar-refractivity contribution in [1.82, 2.24) is 0 Å². The average molecular weight is 244 g/mol. The van der Waals surface area contributed by atoms with E-state index in [9.17, 15) is 4.79 Å². The third-order valence-electron chi connectivity index (χ3n) is 3.16. The molecule has 3 nitrogen and oxygen atoms in total. The van der Waals surface area contributed by atoms with Crippen molar-refractivity contribution >= 4 is 5.97 Å². The molecule has 1 N–H and O–H groups in total. The lowest BCUT2D eigenvalue weighted by Crippen LogP contribution is -1.98. The van der Waals surface area contributed by atoms with Gasteiger partial charge >= 0.3 is 5.97 Å². The van der Waals surface area contributed by atoms with Crippen LogP contribution in [0.5, 0.6) is 0 Å². The number of carboxylic acid groups (broad SMARTS) is 1. The van der Waals surface area contributed by atoms with Crippen LogP contribution in [0.2, 0.25) is 0 Å². The first-order chi connectivity index (χ1) is 8.49. The van der Waals surface area contributed by atoms with Crippen molar-refractivity contribution in [2.24, 2.45) is 0 Å². The second-order valence-corrected chi connectivity index (χ2v) is 4.59. The van der Waals surface area contributed by atoms with Crippen LogP contribution in [0.1, 0.15) is 45.8 Å². The molecule has 18 heavy (non-hydrogen) atoms. The van der Waals surface area contributed by atoms with Gasteiger partial charge in [-0.1, -0.05) is 30.7 Å². The predicted octanol–water partition coefficient (Wildman–Crippen LogP) is 3.75. The molecule has 0 bridgehead atoms.